The summed E-state index contributed by atoms with van der Waals surface area (Å²) in [5.41, 5.74) is 6.04. The van der Waals surface area contributed by atoms with Gasteiger partial charge in [-0.05, 0) is 43.7 Å². The van der Waals surface area contributed by atoms with Gasteiger partial charge in [0, 0.05) is 25.2 Å². The van der Waals surface area contributed by atoms with Crippen LogP contribution in [-0.2, 0) is 4.79 Å². The molecule has 0 amide bonds. The van der Waals surface area contributed by atoms with E-state index in [0.29, 0.717) is 24.8 Å². The molecule has 0 aromatic heterocycles. The smallest absolute Gasteiger partial charge is 0.151 e. The monoisotopic (exact) mass is 316 g/mol. The number of hydrogen-bond donors (Lipinski definition) is 2. The van der Waals surface area contributed by atoms with Crippen LogP contribution in [0.15, 0.2) is 35.7 Å². The number of Topliss-reactive ketones (excluding diaryl/α,β-unsaturated/α-hetero) is 1. The predicted octanol–water partition coefficient (Wildman–Crippen LogP) is 1.91. The molecule has 3 rings (SSSR count). The van der Waals surface area contributed by atoms with E-state index in [1.54, 1.807) is 0 Å². The molecule has 0 aromatic carbocycles. The molecule has 0 saturated carbocycles. The number of hydrogen-bond acceptors (Lipinski definition) is 5. The maximum absolute atomic E-state index is 12.2. The Kier molecular flexibility index (Phi) is 4.87. The number of piperidine rings is 1. The van der Waals surface area contributed by atoms with E-state index in [9.17, 15) is 4.79 Å². The van der Waals surface area contributed by atoms with Gasteiger partial charge >= 0.3 is 0 Å². The van der Waals surface area contributed by atoms with Crippen LogP contribution in [0.2, 0.25) is 0 Å². The molecule has 2 N–H and O–H groups in total. The average Bonchev–Trinajstić information content (AvgIpc) is 2.54. The number of carbonyl (C=O) groups is 1. The van der Waals surface area contributed by atoms with Gasteiger partial charge in [0.2, 0.25) is 0 Å². The van der Waals surface area contributed by atoms with E-state index in [2.05, 4.69) is 59.8 Å². The summed E-state index contributed by atoms with van der Waals surface area (Å²) in [7, 11) is 0. The van der Waals surface area contributed by atoms with Gasteiger partial charge in [0.25, 0.3) is 0 Å². The van der Waals surface area contributed by atoms with Gasteiger partial charge in [-0.15, -0.1) is 0 Å². The molecule has 3 aliphatic rings. The summed E-state index contributed by atoms with van der Waals surface area (Å²) in [4.78, 5) is 14.5. The third kappa shape index (κ3) is 3.21. The number of hydrazine groups is 1. The molecule has 3 aliphatic heterocycles. The molecule has 5 nitrogen and oxygen atoms in total. The summed E-state index contributed by atoms with van der Waals surface area (Å²) >= 11 is 0. The molecule has 5 heteroatoms. The highest BCUT2D eigenvalue weighted by Crippen LogP contribution is 2.35. The van der Waals surface area contributed by atoms with Crippen LogP contribution in [0.4, 0.5) is 0 Å². The van der Waals surface area contributed by atoms with Gasteiger partial charge in [-0.1, -0.05) is 19.4 Å². The van der Waals surface area contributed by atoms with Crippen molar-refractivity contribution >= 4 is 5.78 Å². The van der Waals surface area contributed by atoms with Gasteiger partial charge in [-0.3, -0.25) is 14.7 Å². The van der Waals surface area contributed by atoms with Crippen molar-refractivity contribution < 1.29 is 4.79 Å². The summed E-state index contributed by atoms with van der Waals surface area (Å²) < 4.78 is 0. The minimum absolute atomic E-state index is 0.125. The molecule has 23 heavy (non-hydrogen) atoms. The van der Waals surface area contributed by atoms with Crippen LogP contribution in [0, 0.1) is 0 Å². The first-order valence-electron chi connectivity index (χ1n) is 8.74. The Morgan fingerprint density at radius 3 is 3.00 bits per heavy atom. The Morgan fingerprint density at radius 2 is 2.26 bits per heavy atom. The van der Waals surface area contributed by atoms with E-state index in [0.717, 1.165) is 13.0 Å². The zero-order valence-corrected chi connectivity index (χ0v) is 14.4. The Bertz CT molecular complexity index is 549. The number of unbranched alkanes of at least 4 members (excludes halogenated alkanes) is 1. The Labute approximate surface area is 139 Å². The minimum Gasteiger partial charge on any atom is -0.367 e. The van der Waals surface area contributed by atoms with E-state index < -0.39 is 0 Å². The molecule has 0 aliphatic carbocycles. The summed E-state index contributed by atoms with van der Waals surface area (Å²) in [5, 5.41) is 5.61. The van der Waals surface area contributed by atoms with Crippen LogP contribution in [0.5, 0.6) is 0 Å². The quantitative estimate of drug-likeness (QED) is 0.759. The summed E-state index contributed by atoms with van der Waals surface area (Å²) in [6.07, 6.45) is 11.4. The molecule has 0 radical (unpaired) electrons. The maximum atomic E-state index is 12.2. The van der Waals surface area contributed by atoms with Crippen molar-refractivity contribution in [1.29, 1.82) is 0 Å². The van der Waals surface area contributed by atoms with Gasteiger partial charge in [0.15, 0.2) is 5.78 Å². The fourth-order valence-corrected chi connectivity index (χ4v) is 3.64. The van der Waals surface area contributed by atoms with Crippen molar-refractivity contribution in [2.45, 2.75) is 58.3 Å². The lowest BCUT2D eigenvalue weighted by Crippen LogP contribution is -2.61. The van der Waals surface area contributed by atoms with Gasteiger partial charge in [0.05, 0.1) is 12.6 Å². The Balaban J connectivity index is 1.92. The zero-order valence-electron chi connectivity index (χ0n) is 14.4. The standard InChI is InChI=1S/C18H28N4O/c1-4-5-9-20-22-11-14-10-15(23)12-21(13(2)3)17(14)16-7-6-8-19-18(16)22/h6-8,11,13,17-20H,4-5,9-10,12H2,1-3H3. The lowest BCUT2D eigenvalue weighted by Gasteiger charge is -2.49. The van der Waals surface area contributed by atoms with E-state index >= 15 is 0 Å². The second-order valence-electron chi connectivity index (χ2n) is 6.85. The van der Waals surface area contributed by atoms with Crippen molar-refractivity contribution in [2.75, 3.05) is 13.1 Å². The van der Waals surface area contributed by atoms with Gasteiger partial charge < -0.3 is 5.32 Å². The Hall–Kier alpha value is -1.59. The van der Waals surface area contributed by atoms with Crippen molar-refractivity contribution in [1.82, 2.24) is 20.7 Å². The fraction of sp³-hybridized carbons (Fsp3) is 0.611. The van der Waals surface area contributed by atoms with Crippen LogP contribution < -0.4 is 10.7 Å². The number of rotatable bonds is 5. The normalized spacial score (nSPS) is 27.3. The minimum atomic E-state index is 0.125. The van der Waals surface area contributed by atoms with Crippen LogP contribution in [0.1, 0.15) is 40.0 Å². The maximum Gasteiger partial charge on any atom is 0.151 e. The number of allylic oxidation sites excluding steroid dienone is 2. The second-order valence-corrected chi connectivity index (χ2v) is 6.85. The molecule has 0 spiro atoms. The predicted molar refractivity (Wildman–Crippen MR) is 92.2 cm³/mol. The zero-order chi connectivity index (χ0) is 16.4. The third-order valence-corrected chi connectivity index (χ3v) is 4.78. The highest BCUT2D eigenvalue weighted by molar-refractivity contribution is 5.85. The third-order valence-electron chi connectivity index (χ3n) is 4.78. The number of nitrogens with zero attached hydrogens (tertiary/aromatic N) is 2. The number of dihydropyridines is 1. The molecule has 2 atom stereocenters. The van der Waals surface area contributed by atoms with E-state index in [1.165, 1.54) is 17.6 Å². The fourth-order valence-electron chi connectivity index (χ4n) is 3.64. The lowest BCUT2D eigenvalue weighted by molar-refractivity contribution is -0.122. The SMILES string of the molecule is CCCCNN1C=C2CC(=O)CN(C(C)C)C2C2=CC=CNC21. The molecule has 0 aromatic rings. The topological polar surface area (TPSA) is 47.6 Å². The summed E-state index contributed by atoms with van der Waals surface area (Å²) in [6.45, 7) is 8.03. The van der Waals surface area contributed by atoms with Crippen molar-refractivity contribution in [3.8, 4) is 0 Å². The summed E-state index contributed by atoms with van der Waals surface area (Å²) in [5.74, 6) is 0.313. The highest BCUT2D eigenvalue weighted by atomic mass is 16.1. The van der Waals surface area contributed by atoms with Crippen molar-refractivity contribution in [2.24, 2.45) is 0 Å². The number of nitrogens with one attached hydrogen (secondary N) is 2. The average molecular weight is 316 g/mol. The molecular weight excluding hydrogens is 288 g/mol. The van der Waals surface area contributed by atoms with Crippen LogP contribution in [0.25, 0.3) is 0 Å². The first-order chi connectivity index (χ1) is 11.1. The number of fused-ring (bicyclic) bond motifs is 3. The molecule has 126 valence electrons. The van der Waals surface area contributed by atoms with Crippen molar-refractivity contribution in [3.05, 3.63) is 35.7 Å². The largest absolute Gasteiger partial charge is 0.367 e. The van der Waals surface area contributed by atoms with Gasteiger partial charge in [-0.2, -0.15) is 0 Å². The van der Waals surface area contributed by atoms with E-state index in [4.69, 9.17) is 0 Å². The van der Waals surface area contributed by atoms with Gasteiger partial charge in [0.1, 0.15) is 6.17 Å². The molecular formula is C18H28N4O. The van der Waals surface area contributed by atoms with E-state index in [-0.39, 0.29) is 12.2 Å². The molecule has 1 saturated heterocycles. The van der Waals surface area contributed by atoms with Crippen LogP contribution in [0.3, 0.4) is 0 Å². The first kappa shape index (κ1) is 16.3. The van der Waals surface area contributed by atoms with E-state index in [1.807, 2.05) is 6.20 Å². The molecule has 0 bridgehead atoms. The highest BCUT2D eigenvalue weighted by Gasteiger charge is 2.42. The second kappa shape index (κ2) is 6.89. The van der Waals surface area contributed by atoms with Gasteiger partial charge in [-0.25, -0.2) is 5.43 Å². The lowest BCUT2D eigenvalue weighted by atomic mass is 9.84. The molecule has 1 fully saturated rings. The number of ketones is 1. The number of carbonyl (C=O) groups excluding carboxylic acids is 1. The first-order valence-corrected chi connectivity index (χ1v) is 8.74. The van der Waals surface area contributed by atoms with Crippen LogP contribution >= 0.6 is 0 Å². The Morgan fingerprint density at radius 1 is 1.43 bits per heavy atom. The molecule has 2 unspecified atom stereocenters. The number of likely N-dealkylation sites (tertiary alicyclic amines) is 1. The van der Waals surface area contributed by atoms with Crippen molar-refractivity contribution in [3.63, 3.8) is 0 Å². The summed E-state index contributed by atoms with van der Waals surface area (Å²) in [6, 6.07) is 0.582. The van der Waals surface area contributed by atoms with Crippen LogP contribution in [-0.4, -0.2) is 47.0 Å². The molecule has 3 heterocycles.